The molecule has 1 saturated heterocycles. The molecule has 4 heteroatoms. The van der Waals surface area contributed by atoms with Crippen LogP contribution in [0, 0.1) is 34.5 Å². The number of hydrogen-bond acceptors (Lipinski definition) is 3. The van der Waals surface area contributed by atoms with E-state index in [9.17, 15) is 4.79 Å². The van der Waals surface area contributed by atoms with E-state index in [-0.39, 0.29) is 5.41 Å². The SMILES string of the molecule is CCSc1ccc(OC2C[C@H]3[C@@H]4C(C)CC5N(C)C(=O)CC[C@]5(C)[C@@H]4CC[C@]3(C)C2)cc1. The van der Waals surface area contributed by atoms with Gasteiger partial charge in [0, 0.05) is 24.4 Å². The first-order valence-electron chi connectivity index (χ1n) is 12.9. The van der Waals surface area contributed by atoms with Gasteiger partial charge in [-0.25, -0.2) is 0 Å². The summed E-state index contributed by atoms with van der Waals surface area (Å²) in [6.45, 7) is 9.75. The van der Waals surface area contributed by atoms with Gasteiger partial charge in [-0.3, -0.25) is 4.79 Å². The molecular formula is C28H41NO2S. The number of ether oxygens (including phenoxy) is 1. The molecule has 32 heavy (non-hydrogen) atoms. The normalized spacial score (nSPS) is 43.4. The lowest BCUT2D eigenvalue weighted by Crippen LogP contribution is -2.62. The second-order valence-electron chi connectivity index (χ2n) is 11.8. The smallest absolute Gasteiger partial charge is 0.222 e. The van der Waals surface area contributed by atoms with Gasteiger partial charge in [0.1, 0.15) is 5.75 Å². The molecule has 3 aliphatic carbocycles. The monoisotopic (exact) mass is 455 g/mol. The molecule has 176 valence electrons. The second kappa shape index (κ2) is 8.25. The maximum Gasteiger partial charge on any atom is 0.222 e. The van der Waals surface area contributed by atoms with Gasteiger partial charge >= 0.3 is 0 Å². The molecule has 4 aliphatic rings. The van der Waals surface area contributed by atoms with Gasteiger partial charge in [-0.15, -0.1) is 11.8 Å². The third-order valence-corrected chi connectivity index (χ3v) is 11.0. The number of amides is 1. The molecule has 5 rings (SSSR count). The molecule has 0 bridgehead atoms. The van der Waals surface area contributed by atoms with Gasteiger partial charge in [0.25, 0.3) is 0 Å². The third-order valence-electron chi connectivity index (χ3n) is 10.1. The van der Waals surface area contributed by atoms with Gasteiger partial charge < -0.3 is 9.64 Å². The Kier molecular flexibility index (Phi) is 5.83. The highest BCUT2D eigenvalue weighted by molar-refractivity contribution is 7.99. The Morgan fingerprint density at radius 1 is 1.12 bits per heavy atom. The van der Waals surface area contributed by atoms with Crippen molar-refractivity contribution in [1.29, 1.82) is 0 Å². The summed E-state index contributed by atoms with van der Waals surface area (Å²) in [6, 6.07) is 9.16. The maximum absolute atomic E-state index is 12.5. The molecular weight excluding hydrogens is 414 g/mol. The molecule has 0 N–H and O–H groups in total. The number of thioether (sulfide) groups is 1. The second-order valence-corrected chi connectivity index (χ2v) is 13.1. The Morgan fingerprint density at radius 3 is 2.59 bits per heavy atom. The van der Waals surface area contributed by atoms with Crippen LogP contribution in [0.1, 0.15) is 72.6 Å². The molecule has 1 aromatic rings. The van der Waals surface area contributed by atoms with Crippen molar-refractivity contribution in [3.63, 3.8) is 0 Å². The summed E-state index contributed by atoms with van der Waals surface area (Å²) in [6.07, 6.45) is 8.36. The number of benzene rings is 1. The lowest BCUT2D eigenvalue weighted by molar-refractivity contribution is -0.164. The van der Waals surface area contributed by atoms with E-state index in [0.29, 0.717) is 29.4 Å². The fourth-order valence-corrected chi connectivity index (χ4v) is 9.18. The van der Waals surface area contributed by atoms with Gasteiger partial charge in [-0.05, 0) is 103 Å². The number of nitrogens with zero attached hydrogens (tertiary/aromatic N) is 1. The zero-order valence-electron chi connectivity index (χ0n) is 20.6. The van der Waals surface area contributed by atoms with Crippen LogP contribution in [-0.2, 0) is 4.79 Å². The molecule has 3 unspecified atom stereocenters. The van der Waals surface area contributed by atoms with Crippen LogP contribution in [0.5, 0.6) is 5.75 Å². The lowest BCUT2D eigenvalue weighted by Gasteiger charge is -2.63. The summed E-state index contributed by atoms with van der Waals surface area (Å²) in [5.74, 6) is 5.44. The van der Waals surface area contributed by atoms with Gasteiger partial charge in [0.15, 0.2) is 0 Å². The number of piperidine rings is 1. The highest BCUT2D eigenvalue weighted by Crippen LogP contribution is 2.66. The Morgan fingerprint density at radius 2 is 1.88 bits per heavy atom. The minimum Gasteiger partial charge on any atom is -0.490 e. The van der Waals surface area contributed by atoms with Crippen molar-refractivity contribution in [3.05, 3.63) is 24.3 Å². The summed E-state index contributed by atoms with van der Waals surface area (Å²) in [5, 5.41) is 0. The van der Waals surface area contributed by atoms with Crippen LogP contribution in [0.3, 0.4) is 0 Å². The molecule has 8 atom stereocenters. The van der Waals surface area contributed by atoms with E-state index in [1.165, 1.54) is 37.0 Å². The first-order chi connectivity index (χ1) is 15.2. The molecule has 1 heterocycles. The molecule has 3 nitrogen and oxygen atoms in total. The van der Waals surface area contributed by atoms with E-state index in [2.05, 4.69) is 63.9 Å². The maximum atomic E-state index is 12.5. The quantitative estimate of drug-likeness (QED) is 0.476. The average Bonchev–Trinajstić information content (AvgIpc) is 3.10. The van der Waals surface area contributed by atoms with Crippen LogP contribution < -0.4 is 4.74 Å². The van der Waals surface area contributed by atoms with E-state index in [4.69, 9.17) is 4.74 Å². The predicted octanol–water partition coefficient (Wildman–Crippen LogP) is 6.66. The van der Waals surface area contributed by atoms with Crippen molar-refractivity contribution in [2.75, 3.05) is 12.8 Å². The van der Waals surface area contributed by atoms with Crippen molar-refractivity contribution in [3.8, 4) is 5.75 Å². The standard InChI is InChI=1S/C28H41NO2S/c1-6-32-21-9-7-19(8-10-21)31-20-16-23-26-18(2)15-24-28(4,14-12-25(30)29(24)5)22(26)11-13-27(23,3)17-20/h7-10,18,20,22-24,26H,6,11-17H2,1-5H3/t18?,20?,22-,23+,24?,26-,27-,28-/m1/s1. The zero-order chi connectivity index (χ0) is 22.7. The summed E-state index contributed by atoms with van der Waals surface area (Å²) in [7, 11) is 2.06. The van der Waals surface area contributed by atoms with Gasteiger partial charge in [0.05, 0.1) is 6.10 Å². The first kappa shape index (κ1) is 22.6. The van der Waals surface area contributed by atoms with Crippen molar-refractivity contribution >= 4 is 17.7 Å². The Labute approximate surface area is 199 Å². The van der Waals surface area contributed by atoms with E-state index in [0.717, 1.165) is 42.1 Å². The van der Waals surface area contributed by atoms with Crippen LogP contribution >= 0.6 is 11.8 Å². The van der Waals surface area contributed by atoms with Crippen molar-refractivity contribution in [2.24, 2.45) is 34.5 Å². The van der Waals surface area contributed by atoms with Gasteiger partial charge in [-0.2, -0.15) is 0 Å². The summed E-state index contributed by atoms with van der Waals surface area (Å²) in [5.41, 5.74) is 0.685. The number of carbonyl (C=O) groups is 1. The number of likely N-dealkylation sites (tertiary alicyclic amines) is 1. The van der Waals surface area contributed by atoms with Crippen LogP contribution in [0.2, 0.25) is 0 Å². The fraction of sp³-hybridized carbons (Fsp3) is 0.750. The highest BCUT2D eigenvalue weighted by atomic mass is 32.2. The van der Waals surface area contributed by atoms with Crippen LogP contribution in [0.15, 0.2) is 29.2 Å². The first-order valence-corrected chi connectivity index (χ1v) is 13.9. The molecule has 4 fully saturated rings. The molecule has 0 radical (unpaired) electrons. The van der Waals surface area contributed by atoms with E-state index in [1.54, 1.807) is 0 Å². The highest BCUT2D eigenvalue weighted by Gasteiger charge is 2.62. The predicted molar refractivity (Wildman–Crippen MR) is 132 cm³/mol. The van der Waals surface area contributed by atoms with Crippen LogP contribution in [0.4, 0.5) is 0 Å². The zero-order valence-corrected chi connectivity index (χ0v) is 21.4. The van der Waals surface area contributed by atoms with Gasteiger partial charge in [-0.1, -0.05) is 27.7 Å². The third kappa shape index (κ3) is 3.60. The minimum atomic E-state index is 0.285. The molecule has 0 spiro atoms. The number of rotatable bonds is 4. The Hall–Kier alpha value is -1.16. The topological polar surface area (TPSA) is 29.5 Å². The number of fused-ring (bicyclic) bond motifs is 5. The van der Waals surface area contributed by atoms with E-state index in [1.807, 2.05) is 11.8 Å². The van der Waals surface area contributed by atoms with E-state index < -0.39 is 0 Å². The number of carbonyl (C=O) groups excluding carboxylic acids is 1. The minimum absolute atomic E-state index is 0.285. The Balaban J connectivity index is 1.35. The Bertz CT molecular complexity index is 855. The molecule has 0 aromatic heterocycles. The molecule has 1 aromatic carbocycles. The summed E-state index contributed by atoms with van der Waals surface area (Å²) in [4.78, 5) is 15.9. The molecule has 3 saturated carbocycles. The van der Waals surface area contributed by atoms with Crippen molar-refractivity contribution in [2.45, 2.75) is 89.7 Å². The summed E-state index contributed by atoms with van der Waals surface area (Å²) >= 11 is 1.88. The largest absolute Gasteiger partial charge is 0.490 e. The number of hydrogen-bond donors (Lipinski definition) is 0. The fourth-order valence-electron chi connectivity index (χ4n) is 8.52. The van der Waals surface area contributed by atoms with Crippen molar-refractivity contribution < 1.29 is 9.53 Å². The molecule has 1 aliphatic heterocycles. The van der Waals surface area contributed by atoms with Crippen LogP contribution in [-0.4, -0.2) is 35.8 Å². The van der Waals surface area contributed by atoms with Crippen molar-refractivity contribution in [1.82, 2.24) is 4.90 Å². The van der Waals surface area contributed by atoms with Gasteiger partial charge in [0.2, 0.25) is 5.91 Å². The van der Waals surface area contributed by atoms with Crippen LogP contribution in [0.25, 0.3) is 0 Å². The lowest BCUT2D eigenvalue weighted by atomic mass is 9.45. The average molecular weight is 456 g/mol. The summed E-state index contributed by atoms with van der Waals surface area (Å²) < 4.78 is 6.58. The van der Waals surface area contributed by atoms with E-state index >= 15 is 0 Å². The molecule has 1 amide bonds.